The van der Waals surface area contributed by atoms with Crippen molar-refractivity contribution >= 4 is 6.08 Å². The summed E-state index contributed by atoms with van der Waals surface area (Å²) in [4.78, 5) is 32.4. The number of rotatable bonds is 7. The van der Waals surface area contributed by atoms with Crippen LogP contribution < -0.4 is 11.0 Å². The van der Waals surface area contributed by atoms with Gasteiger partial charge >= 0.3 is 0 Å². The number of aromatic nitrogens is 2. The van der Waals surface area contributed by atoms with Crippen molar-refractivity contribution in [3.8, 4) is 5.75 Å². The van der Waals surface area contributed by atoms with E-state index in [0.29, 0.717) is 30.6 Å². The molecule has 0 radical (unpaired) electrons. The van der Waals surface area contributed by atoms with Crippen LogP contribution >= 0.6 is 0 Å². The predicted molar refractivity (Wildman–Crippen MR) is 157 cm³/mol. The molecule has 0 spiro atoms. The molecule has 0 amide bonds. The Labute approximate surface area is 235 Å². The highest BCUT2D eigenvalue weighted by atomic mass is 16.3. The molecular weight excluding hydrogens is 502 g/mol. The molecule has 0 aliphatic carbocycles. The minimum Gasteiger partial charge on any atom is -0.503 e. The Morgan fingerprint density at radius 1 is 0.875 bits per heavy atom. The van der Waals surface area contributed by atoms with Crippen molar-refractivity contribution in [2.24, 2.45) is 13.0 Å². The lowest BCUT2D eigenvalue weighted by molar-refractivity contribution is 0.111. The zero-order valence-corrected chi connectivity index (χ0v) is 23.3. The van der Waals surface area contributed by atoms with Gasteiger partial charge in [-0.15, -0.1) is 0 Å². The number of piperazine rings is 1. The second-order valence-corrected chi connectivity index (χ2v) is 11.6. The molecule has 210 valence electrons. The maximum Gasteiger partial charge on any atom is 0.250 e. The van der Waals surface area contributed by atoms with Crippen LogP contribution in [0.15, 0.2) is 70.3 Å². The second kappa shape index (κ2) is 11.6. The molecule has 6 rings (SSSR count). The molecule has 8 heteroatoms. The zero-order valence-electron chi connectivity index (χ0n) is 23.3. The fraction of sp³-hybridized carbons (Fsp3) is 0.438. The number of benzene rings is 1. The fourth-order valence-corrected chi connectivity index (χ4v) is 6.72. The smallest absolute Gasteiger partial charge is 0.250 e. The van der Waals surface area contributed by atoms with Crippen molar-refractivity contribution in [2.75, 3.05) is 45.8 Å². The lowest BCUT2D eigenvalue weighted by Crippen LogP contribution is -2.47. The van der Waals surface area contributed by atoms with Gasteiger partial charge in [-0.2, -0.15) is 0 Å². The van der Waals surface area contributed by atoms with E-state index in [0.717, 1.165) is 70.2 Å². The van der Waals surface area contributed by atoms with E-state index >= 15 is 0 Å². The lowest BCUT2D eigenvalue weighted by atomic mass is 9.83. The number of fused-ring (bicyclic) bond motifs is 4. The Morgan fingerprint density at radius 2 is 1.65 bits per heavy atom. The van der Waals surface area contributed by atoms with Crippen LogP contribution in [-0.2, 0) is 26.7 Å². The third-order valence-electron chi connectivity index (χ3n) is 8.89. The number of pyridine rings is 2. The fourth-order valence-electron chi connectivity index (χ4n) is 6.72. The van der Waals surface area contributed by atoms with Crippen molar-refractivity contribution < 1.29 is 5.11 Å². The summed E-state index contributed by atoms with van der Waals surface area (Å²) in [6.07, 6.45) is 5.49. The average molecular weight is 542 g/mol. The van der Waals surface area contributed by atoms with Crippen LogP contribution in [0.4, 0.5) is 0 Å². The average Bonchev–Trinajstić information content (AvgIpc) is 2.96. The van der Waals surface area contributed by atoms with Gasteiger partial charge in [-0.1, -0.05) is 48.6 Å². The number of hydrogen-bond donors (Lipinski definition) is 1. The van der Waals surface area contributed by atoms with E-state index in [2.05, 4.69) is 57.2 Å². The standard InChI is InChI=1S/C32H39N5O3/c1-33-27(22-36-19-25-17-26(21-36)28-10-5-11-31(39)37(28)20-25)18-30(38)32(40)29(33)23-35-15-13-34(14-16-35)12-6-9-24-7-3-2-4-8-24/h2-11,18,25-26,40H,12-17,19-23H2,1H3/b9-6+/t25-,26+/m0/s1. The van der Waals surface area contributed by atoms with Crippen molar-refractivity contribution in [1.82, 2.24) is 23.8 Å². The van der Waals surface area contributed by atoms with Crippen LogP contribution in [0.3, 0.4) is 0 Å². The van der Waals surface area contributed by atoms with Crippen LogP contribution in [0.25, 0.3) is 6.08 Å². The Balaban J connectivity index is 1.09. The maximum atomic E-state index is 12.8. The Morgan fingerprint density at radius 3 is 2.45 bits per heavy atom. The van der Waals surface area contributed by atoms with Crippen molar-refractivity contribution in [3.63, 3.8) is 0 Å². The van der Waals surface area contributed by atoms with E-state index in [1.165, 1.54) is 5.56 Å². The molecule has 3 aliphatic heterocycles. The number of likely N-dealkylation sites (tertiary alicyclic amines) is 1. The van der Waals surface area contributed by atoms with Gasteiger partial charge < -0.3 is 14.2 Å². The summed E-state index contributed by atoms with van der Waals surface area (Å²) >= 11 is 0. The van der Waals surface area contributed by atoms with E-state index < -0.39 is 0 Å². The summed E-state index contributed by atoms with van der Waals surface area (Å²) in [5.41, 5.74) is 3.74. The Hall–Kier alpha value is -3.46. The first-order valence-electron chi connectivity index (χ1n) is 14.4. The molecule has 2 atom stereocenters. The molecule has 2 aromatic heterocycles. The van der Waals surface area contributed by atoms with Crippen molar-refractivity contribution in [1.29, 1.82) is 0 Å². The molecule has 2 bridgehead atoms. The summed E-state index contributed by atoms with van der Waals surface area (Å²) in [5.74, 6) is 0.621. The number of nitrogens with zero attached hydrogens (tertiary/aromatic N) is 5. The van der Waals surface area contributed by atoms with E-state index in [9.17, 15) is 14.7 Å². The number of aromatic hydroxyl groups is 1. The zero-order chi connectivity index (χ0) is 27.6. The van der Waals surface area contributed by atoms with E-state index in [-0.39, 0.29) is 16.7 Å². The summed E-state index contributed by atoms with van der Waals surface area (Å²) in [6, 6.07) is 17.5. The van der Waals surface area contributed by atoms with Gasteiger partial charge in [0.05, 0.1) is 5.69 Å². The normalized spacial score (nSPS) is 22.0. The van der Waals surface area contributed by atoms with Gasteiger partial charge in [0.2, 0.25) is 5.43 Å². The molecular formula is C32H39N5O3. The quantitative estimate of drug-likeness (QED) is 0.496. The first-order chi connectivity index (χ1) is 19.4. The molecule has 0 unspecified atom stereocenters. The molecule has 1 N–H and O–H groups in total. The Kier molecular flexibility index (Phi) is 7.74. The molecule has 8 nitrogen and oxygen atoms in total. The summed E-state index contributed by atoms with van der Waals surface area (Å²) < 4.78 is 3.97. The molecule has 0 saturated carbocycles. The van der Waals surface area contributed by atoms with Gasteiger partial charge in [0.25, 0.3) is 5.56 Å². The molecule has 2 fully saturated rings. The molecule has 2 saturated heterocycles. The Bertz CT molecular complexity index is 1490. The third kappa shape index (κ3) is 5.70. The minimum absolute atomic E-state index is 0.0932. The van der Waals surface area contributed by atoms with Gasteiger partial charge in [0.1, 0.15) is 0 Å². The molecule has 1 aromatic carbocycles. The summed E-state index contributed by atoms with van der Waals surface area (Å²) in [7, 11) is 1.97. The molecule has 40 heavy (non-hydrogen) atoms. The first kappa shape index (κ1) is 26.7. The van der Waals surface area contributed by atoms with E-state index in [4.69, 9.17) is 0 Å². The SMILES string of the molecule is Cn1c(CN2C[C@@H]3C[C@H](C2)c2cccc(=O)n2C3)cc(=O)c(O)c1CN1CCN(C/C=C/c2ccccc2)CC1. The number of hydrogen-bond acceptors (Lipinski definition) is 6. The van der Waals surface area contributed by atoms with Crippen LogP contribution in [0, 0.1) is 5.92 Å². The van der Waals surface area contributed by atoms with Gasteiger partial charge in [-0.3, -0.25) is 24.3 Å². The van der Waals surface area contributed by atoms with Gasteiger partial charge in [0.15, 0.2) is 5.75 Å². The monoisotopic (exact) mass is 541 g/mol. The third-order valence-corrected chi connectivity index (χ3v) is 8.89. The first-order valence-corrected chi connectivity index (χ1v) is 14.4. The lowest BCUT2D eigenvalue weighted by Gasteiger charge is -2.43. The summed E-state index contributed by atoms with van der Waals surface area (Å²) in [5, 5.41) is 10.8. The van der Waals surface area contributed by atoms with Crippen LogP contribution in [0.5, 0.6) is 5.75 Å². The largest absolute Gasteiger partial charge is 0.503 e. The molecule has 3 aliphatic rings. The molecule has 3 aromatic rings. The van der Waals surface area contributed by atoms with E-state index in [1.807, 2.05) is 28.3 Å². The van der Waals surface area contributed by atoms with Gasteiger partial charge in [-0.05, 0) is 24.0 Å². The van der Waals surface area contributed by atoms with Crippen LogP contribution in [0.1, 0.15) is 35.0 Å². The van der Waals surface area contributed by atoms with E-state index in [1.54, 1.807) is 12.1 Å². The predicted octanol–water partition coefficient (Wildman–Crippen LogP) is 2.70. The minimum atomic E-state index is -0.304. The highest BCUT2D eigenvalue weighted by Crippen LogP contribution is 2.35. The topological polar surface area (TPSA) is 73.9 Å². The highest BCUT2D eigenvalue weighted by molar-refractivity contribution is 5.48. The van der Waals surface area contributed by atoms with Gasteiger partial charge in [-0.25, -0.2) is 0 Å². The number of piperidine rings is 1. The molecule has 5 heterocycles. The van der Waals surface area contributed by atoms with Crippen LogP contribution in [-0.4, -0.2) is 74.8 Å². The maximum absolute atomic E-state index is 12.8. The van der Waals surface area contributed by atoms with Crippen molar-refractivity contribution in [3.05, 3.63) is 104 Å². The van der Waals surface area contributed by atoms with Crippen LogP contribution in [0.2, 0.25) is 0 Å². The summed E-state index contributed by atoms with van der Waals surface area (Å²) in [6.45, 7) is 8.35. The van der Waals surface area contributed by atoms with Gasteiger partial charge in [0, 0.05) is 102 Å². The van der Waals surface area contributed by atoms with Crippen molar-refractivity contribution in [2.45, 2.75) is 32.0 Å². The highest BCUT2D eigenvalue weighted by Gasteiger charge is 2.34. The second-order valence-electron chi connectivity index (χ2n) is 11.6.